The van der Waals surface area contributed by atoms with Crippen LogP contribution in [0.3, 0.4) is 0 Å². The average molecular weight is 401 g/mol. The number of hydrogen-bond acceptors (Lipinski definition) is 2. The van der Waals surface area contributed by atoms with Gasteiger partial charge in [0, 0.05) is 11.2 Å². The second-order valence-corrected chi connectivity index (χ2v) is 6.49. The first-order valence-corrected chi connectivity index (χ1v) is 8.64. The molecule has 0 radical (unpaired) electrons. The highest BCUT2D eigenvalue weighted by Crippen LogP contribution is 2.26. The Morgan fingerprint density at radius 2 is 1.71 bits per heavy atom. The van der Waals surface area contributed by atoms with Crippen LogP contribution in [0.1, 0.15) is 11.1 Å². The van der Waals surface area contributed by atoms with E-state index in [9.17, 15) is 0 Å². The molecule has 0 aliphatic carbocycles. The lowest BCUT2D eigenvalue weighted by molar-refractivity contribution is 0.304. The maximum Gasteiger partial charge on any atom is 0.134 e. The van der Waals surface area contributed by atoms with Crippen LogP contribution in [-0.2, 0) is 6.61 Å². The van der Waals surface area contributed by atoms with E-state index in [-0.39, 0.29) is 0 Å². The summed E-state index contributed by atoms with van der Waals surface area (Å²) in [5.41, 5.74) is 3.00. The summed E-state index contributed by atoms with van der Waals surface area (Å²) in [6.45, 7) is 0.493. The summed E-state index contributed by atoms with van der Waals surface area (Å²) in [5, 5.41) is 0.724. The summed E-state index contributed by atoms with van der Waals surface area (Å²) >= 11 is 9.44. The van der Waals surface area contributed by atoms with E-state index in [1.165, 1.54) is 0 Å². The van der Waals surface area contributed by atoms with Crippen LogP contribution in [0.4, 0.5) is 5.69 Å². The Hall–Kier alpha value is -2.10. The number of aliphatic imine (C=N–C) groups is 1. The lowest BCUT2D eigenvalue weighted by Gasteiger charge is -2.09. The topological polar surface area (TPSA) is 21.6 Å². The minimum atomic E-state index is 0.493. The van der Waals surface area contributed by atoms with E-state index < -0.39 is 0 Å². The molecule has 0 amide bonds. The van der Waals surface area contributed by atoms with Crippen LogP contribution in [0.25, 0.3) is 0 Å². The predicted octanol–water partition coefficient (Wildman–Crippen LogP) is 6.43. The number of ether oxygens (including phenoxy) is 1. The smallest absolute Gasteiger partial charge is 0.134 e. The highest BCUT2D eigenvalue weighted by molar-refractivity contribution is 9.10. The van der Waals surface area contributed by atoms with E-state index in [4.69, 9.17) is 16.3 Å². The van der Waals surface area contributed by atoms with Crippen LogP contribution in [0.5, 0.6) is 5.75 Å². The molecule has 0 fully saturated rings. The highest BCUT2D eigenvalue weighted by atomic mass is 79.9. The first kappa shape index (κ1) is 16.7. The Morgan fingerprint density at radius 3 is 2.42 bits per heavy atom. The largest absolute Gasteiger partial charge is 0.488 e. The fourth-order valence-corrected chi connectivity index (χ4v) is 2.76. The van der Waals surface area contributed by atoms with Crippen molar-refractivity contribution in [2.75, 3.05) is 0 Å². The quantitative estimate of drug-likeness (QED) is 0.452. The first-order valence-electron chi connectivity index (χ1n) is 7.46. The summed E-state index contributed by atoms with van der Waals surface area (Å²) in [6.07, 6.45) is 1.84. The first-order chi connectivity index (χ1) is 11.7. The van der Waals surface area contributed by atoms with Gasteiger partial charge >= 0.3 is 0 Å². The molecule has 0 unspecified atom stereocenters. The van der Waals surface area contributed by atoms with Gasteiger partial charge in [-0.3, -0.25) is 4.99 Å². The molecule has 0 bridgehead atoms. The molecule has 0 aliphatic rings. The maximum absolute atomic E-state index is 5.88. The van der Waals surface area contributed by atoms with Crippen molar-refractivity contribution in [3.8, 4) is 5.75 Å². The zero-order valence-corrected chi connectivity index (χ0v) is 15.2. The monoisotopic (exact) mass is 399 g/mol. The maximum atomic E-state index is 5.88. The fraction of sp³-hybridized carbons (Fsp3) is 0.0500. The molecule has 24 heavy (non-hydrogen) atoms. The number of rotatable bonds is 5. The van der Waals surface area contributed by atoms with E-state index in [1.807, 2.05) is 79.0 Å². The molecule has 0 aliphatic heterocycles. The molecule has 3 aromatic rings. The molecule has 120 valence electrons. The van der Waals surface area contributed by atoms with Gasteiger partial charge < -0.3 is 4.74 Å². The minimum Gasteiger partial charge on any atom is -0.488 e. The van der Waals surface area contributed by atoms with Crippen LogP contribution in [0, 0.1) is 0 Å². The summed E-state index contributed by atoms with van der Waals surface area (Å²) < 4.78 is 6.74. The predicted molar refractivity (Wildman–Crippen MR) is 104 cm³/mol. The minimum absolute atomic E-state index is 0.493. The Morgan fingerprint density at radius 1 is 0.958 bits per heavy atom. The van der Waals surface area contributed by atoms with Crippen molar-refractivity contribution in [3.05, 3.63) is 93.4 Å². The van der Waals surface area contributed by atoms with Gasteiger partial charge in [-0.15, -0.1) is 0 Å². The number of nitrogens with zero attached hydrogens (tertiary/aromatic N) is 1. The SMILES string of the molecule is Clc1ccc(COc2ccc(C=Nc3ccccc3)cc2Br)cc1. The van der Waals surface area contributed by atoms with Gasteiger partial charge in [0.15, 0.2) is 0 Å². The van der Waals surface area contributed by atoms with Gasteiger partial charge in [0.25, 0.3) is 0 Å². The third-order valence-corrected chi connectivity index (χ3v) is 4.25. The van der Waals surface area contributed by atoms with Crippen molar-refractivity contribution < 1.29 is 4.74 Å². The van der Waals surface area contributed by atoms with Gasteiger partial charge in [0.1, 0.15) is 12.4 Å². The molecule has 0 N–H and O–H groups in total. The van der Waals surface area contributed by atoms with Crippen LogP contribution in [-0.4, -0.2) is 6.21 Å². The Labute approximate surface area is 154 Å². The summed E-state index contributed by atoms with van der Waals surface area (Å²) in [4.78, 5) is 4.45. The zero-order chi connectivity index (χ0) is 16.8. The summed E-state index contributed by atoms with van der Waals surface area (Å²) in [6, 6.07) is 23.4. The van der Waals surface area contributed by atoms with Crippen LogP contribution >= 0.6 is 27.5 Å². The molecular formula is C20H15BrClNO. The molecule has 3 aromatic carbocycles. The number of benzene rings is 3. The average Bonchev–Trinajstić information content (AvgIpc) is 2.61. The number of halogens is 2. The van der Waals surface area contributed by atoms with Crippen molar-refractivity contribution >= 4 is 39.4 Å². The lowest BCUT2D eigenvalue weighted by Crippen LogP contribution is -1.96. The highest BCUT2D eigenvalue weighted by Gasteiger charge is 2.03. The van der Waals surface area contributed by atoms with Crippen molar-refractivity contribution in [2.24, 2.45) is 4.99 Å². The van der Waals surface area contributed by atoms with E-state index in [2.05, 4.69) is 20.9 Å². The number of para-hydroxylation sites is 1. The lowest BCUT2D eigenvalue weighted by atomic mass is 10.2. The molecule has 4 heteroatoms. The summed E-state index contributed by atoms with van der Waals surface area (Å²) in [7, 11) is 0. The number of hydrogen-bond donors (Lipinski definition) is 0. The standard InChI is InChI=1S/C20H15BrClNO/c21-19-12-16(13-23-18-4-2-1-3-5-18)8-11-20(19)24-14-15-6-9-17(22)10-7-15/h1-13H,14H2. The molecule has 0 saturated carbocycles. The zero-order valence-electron chi connectivity index (χ0n) is 12.8. The molecular weight excluding hydrogens is 386 g/mol. The van der Waals surface area contributed by atoms with Crippen LogP contribution in [0.2, 0.25) is 5.02 Å². The molecule has 2 nitrogen and oxygen atoms in total. The van der Waals surface area contributed by atoms with Gasteiger partial charge in [0.05, 0.1) is 10.2 Å². The van der Waals surface area contributed by atoms with E-state index >= 15 is 0 Å². The van der Waals surface area contributed by atoms with Crippen molar-refractivity contribution in [1.82, 2.24) is 0 Å². The van der Waals surface area contributed by atoms with E-state index in [0.29, 0.717) is 6.61 Å². The van der Waals surface area contributed by atoms with Gasteiger partial charge in [0.2, 0.25) is 0 Å². The van der Waals surface area contributed by atoms with E-state index in [1.54, 1.807) is 0 Å². The van der Waals surface area contributed by atoms with Gasteiger partial charge in [-0.1, -0.05) is 41.9 Å². The third-order valence-electron chi connectivity index (χ3n) is 3.38. The van der Waals surface area contributed by atoms with E-state index in [0.717, 1.165) is 32.1 Å². The van der Waals surface area contributed by atoms with Crippen molar-refractivity contribution in [1.29, 1.82) is 0 Å². The van der Waals surface area contributed by atoms with Crippen molar-refractivity contribution in [2.45, 2.75) is 6.61 Å². The molecule has 0 saturated heterocycles. The second kappa shape index (κ2) is 8.13. The van der Waals surface area contributed by atoms with Gasteiger partial charge in [-0.25, -0.2) is 0 Å². The molecule has 0 heterocycles. The van der Waals surface area contributed by atoms with Crippen LogP contribution in [0.15, 0.2) is 82.3 Å². The Bertz CT molecular complexity index is 832. The summed E-state index contributed by atoms with van der Waals surface area (Å²) in [5.74, 6) is 0.793. The fourth-order valence-electron chi connectivity index (χ4n) is 2.12. The Kier molecular flexibility index (Phi) is 5.68. The van der Waals surface area contributed by atoms with Gasteiger partial charge in [-0.2, -0.15) is 0 Å². The van der Waals surface area contributed by atoms with Crippen molar-refractivity contribution in [3.63, 3.8) is 0 Å². The Balaban J connectivity index is 1.66. The molecule has 0 atom stereocenters. The second-order valence-electron chi connectivity index (χ2n) is 5.20. The molecule has 3 rings (SSSR count). The van der Waals surface area contributed by atoms with Crippen LogP contribution < -0.4 is 4.74 Å². The van der Waals surface area contributed by atoms with Gasteiger partial charge in [-0.05, 0) is 69.5 Å². The molecule has 0 spiro atoms. The normalized spacial score (nSPS) is 10.9. The third kappa shape index (κ3) is 4.70. The molecule has 0 aromatic heterocycles.